The summed E-state index contributed by atoms with van der Waals surface area (Å²) in [5.41, 5.74) is 1.46. The highest BCUT2D eigenvalue weighted by atomic mass is 35.5. The number of amides is 1. The lowest BCUT2D eigenvalue weighted by molar-refractivity contribution is 0.102. The molecule has 1 amide bonds. The van der Waals surface area contributed by atoms with Crippen LogP contribution in [0.1, 0.15) is 20.8 Å². The predicted molar refractivity (Wildman–Crippen MR) is 121 cm³/mol. The van der Waals surface area contributed by atoms with Crippen LogP contribution in [-0.2, 0) is 11.2 Å². The third kappa shape index (κ3) is 6.93. The van der Waals surface area contributed by atoms with Crippen molar-refractivity contribution >= 4 is 34.0 Å². The summed E-state index contributed by atoms with van der Waals surface area (Å²) >= 11 is 7.44. The molecule has 164 valence electrons. The lowest BCUT2D eigenvalue weighted by Gasteiger charge is -2.13. The highest BCUT2D eigenvalue weighted by molar-refractivity contribution is 7.15. The number of nitrogens with one attached hydrogen (secondary N) is 1. The minimum Gasteiger partial charge on any atom is -0.487 e. The van der Waals surface area contributed by atoms with Crippen LogP contribution >= 0.6 is 22.9 Å². The molecule has 0 radical (unpaired) electrons. The molecule has 0 spiro atoms. The van der Waals surface area contributed by atoms with E-state index in [1.165, 1.54) is 11.3 Å². The Hall–Kier alpha value is -2.65. The van der Waals surface area contributed by atoms with Crippen LogP contribution in [-0.4, -0.2) is 49.5 Å². The summed E-state index contributed by atoms with van der Waals surface area (Å²) in [6.45, 7) is 0.697. The maximum Gasteiger partial charge on any atom is 0.257 e. The number of halogens is 1. The van der Waals surface area contributed by atoms with Crippen molar-refractivity contribution in [3.05, 3.63) is 69.7 Å². The van der Waals surface area contributed by atoms with Crippen molar-refractivity contribution in [3.63, 3.8) is 0 Å². The van der Waals surface area contributed by atoms with Gasteiger partial charge in [0.05, 0.1) is 13.2 Å². The van der Waals surface area contributed by atoms with E-state index in [1.807, 2.05) is 24.3 Å². The second-order valence-electron chi connectivity index (χ2n) is 6.47. The van der Waals surface area contributed by atoms with Gasteiger partial charge in [-0.1, -0.05) is 23.7 Å². The molecule has 1 aromatic heterocycles. The first-order valence-electron chi connectivity index (χ1n) is 9.59. The van der Waals surface area contributed by atoms with E-state index in [4.69, 9.17) is 30.9 Å². The quantitative estimate of drug-likeness (QED) is 0.418. The molecule has 7 nitrogen and oxygen atoms in total. The predicted octanol–water partition coefficient (Wildman–Crippen LogP) is 4.04. The second kappa shape index (κ2) is 11.7. The molecule has 0 saturated carbocycles. The first kappa shape index (κ1) is 23.0. The summed E-state index contributed by atoms with van der Waals surface area (Å²) in [4.78, 5) is 18.0. The summed E-state index contributed by atoms with van der Waals surface area (Å²) in [6.07, 6.45) is 2.42. The molecule has 0 saturated heterocycles. The molecule has 0 bridgehead atoms. The van der Waals surface area contributed by atoms with E-state index in [9.17, 15) is 4.79 Å². The molecule has 0 fully saturated rings. The fraction of sp³-hybridized carbons (Fsp3) is 0.273. The SMILES string of the molecule is COCCOc1ccc(C(=O)Nc2ncc(Cc3cccc(Cl)c3)s2)cc1OCCO. The van der Waals surface area contributed by atoms with Crippen LogP contribution in [0.5, 0.6) is 11.5 Å². The topological polar surface area (TPSA) is 89.9 Å². The molecular formula is C22H23ClN2O5S. The summed E-state index contributed by atoms with van der Waals surface area (Å²) in [5, 5.41) is 13.0. The van der Waals surface area contributed by atoms with E-state index in [1.54, 1.807) is 31.5 Å². The van der Waals surface area contributed by atoms with Gasteiger partial charge in [-0.15, -0.1) is 11.3 Å². The molecule has 0 aliphatic carbocycles. The Balaban J connectivity index is 1.67. The van der Waals surface area contributed by atoms with Gasteiger partial charge in [-0.3, -0.25) is 10.1 Å². The zero-order valence-corrected chi connectivity index (χ0v) is 18.5. The zero-order chi connectivity index (χ0) is 22.1. The molecule has 3 rings (SSSR count). The summed E-state index contributed by atoms with van der Waals surface area (Å²) in [7, 11) is 1.58. The minimum atomic E-state index is -0.319. The summed E-state index contributed by atoms with van der Waals surface area (Å²) in [6, 6.07) is 12.5. The largest absolute Gasteiger partial charge is 0.487 e. The molecule has 1 heterocycles. The fourth-order valence-electron chi connectivity index (χ4n) is 2.74. The molecule has 31 heavy (non-hydrogen) atoms. The maximum absolute atomic E-state index is 12.7. The van der Waals surface area contributed by atoms with Crippen molar-refractivity contribution < 1.29 is 24.1 Å². The summed E-state index contributed by atoms with van der Waals surface area (Å²) in [5.74, 6) is 0.527. The highest BCUT2D eigenvalue weighted by Crippen LogP contribution is 2.29. The van der Waals surface area contributed by atoms with E-state index in [2.05, 4.69) is 10.3 Å². The van der Waals surface area contributed by atoms with Crippen LogP contribution in [0.4, 0.5) is 5.13 Å². The number of anilines is 1. The molecule has 2 N–H and O–H groups in total. The van der Waals surface area contributed by atoms with Gasteiger partial charge in [-0.2, -0.15) is 0 Å². The van der Waals surface area contributed by atoms with E-state index in [0.717, 1.165) is 10.4 Å². The molecule has 2 aromatic carbocycles. The number of ether oxygens (including phenoxy) is 3. The Kier molecular flexibility index (Phi) is 8.66. The first-order chi connectivity index (χ1) is 15.1. The van der Waals surface area contributed by atoms with Crippen molar-refractivity contribution in [2.45, 2.75) is 6.42 Å². The average molecular weight is 463 g/mol. The fourth-order valence-corrected chi connectivity index (χ4v) is 3.79. The van der Waals surface area contributed by atoms with Crippen molar-refractivity contribution in [2.24, 2.45) is 0 Å². The van der Waals surface area contributed by atoms with Crippen LogP contribution in [0.2, 0.25) is 5.02 Å². The number of nitrogens with zero attached hydrogens (tertiary/aromatic N) is 1. The molecular weight excluding hydrogens is 440 g/mol. The highest BCUT2D eigenvalue weighted by Gasteiger charge is 2.14. The van der Waals surface area contributed by atoms with Crippen molar-refractivity contribution in [1.82, 2.24) is 4.98 Å². The van der Waals surface area contributed by atoms with Gasteiger partial charge in [0.15, 0.2) is 16.6 Å². The van der Waals surface area contributed by atoms with Crippen LogP contribution < -0.4 is 14.8 Å². The Labute approximate surface area is 189 Å². The Morgan fingerprint density at radius 2 is 1.97 bits per heavy atom. The van der Waals surface area contributed by atoms with Gasteiger partial charge in [0.2, 0.25) is 0 Å². The standard InChI is InChI=1S/C22H23ClN2O5S/c1-28-9-10-30-19-6-5-16(13-20(19)29-8-7-26)21(27)25-22-24-14-18(31-22)12-15-3-2-4-17(23)11-15/h2-6,11,13-14,26H,7-10,12H2,1H3,(H,24,25,27). The first-order valence-corrected chi connectivity index (χ1v) is 10.8. The third-order valence-electron chi connectivity index (χ3n) is 4.14. The van der Waals surface area contributed by atoms with E-state index in [-0.39, 0.29) is 19.1 Å². The molecule has 0 aliphatic heterocycles. The summed E-state index contributed by atoms with van der Waals surface area (Å²) < 4.78 is 16.1. The van der Waals surface area contributed by atoms with Gasteiger partial charge in [0.1, 0.15) is 13.2 Å². The van der Waals surface area contributed by atoms with Crippen molar-refractivity contribution in [2.75, 3.05) is 38.9 Å². The van der Waals surface area contributed by atoms with E-state index < -0.39 is 0 Å². The number of carbonyl (C=O) groups is 1. The number of rotatable bonds is 11. The number of carbonyl (C=O) groups excluding carboxylic acids is 1. The van der Waals surface area contributed by atoms with Gasteiger partial charge in [-0.25, -0.2) is 4.98 Å². The third-order valence-corrected chi connectivity index (χ3v) is 5.29. The monoisotopic (exact) mass is 462 g/mol. The molecule has 0 unspecified atom stereocenters. The van der Waals surface area contributed by atoms with Gasteiger partial charge >= 0.3 is 0 Å². The number of hydrogen-bond acceptors (Lipinski definition) is 7. The number of aliphatic hydroxyl groups is 1. The number of aromatic nitrogens is 1. The maximum atomic E-state index is 12.7. The van der Waals surface area contributed by atoms with E-state index >= 15 is 0 Å². The lowest BCUT2D eigenvalue weighted by atomic mass is 10.1. The number of benzene rings is 2. The lowest BCUT2D eigenvalue weighted by Crippen LogP contribution is -2.13. The molecule has 0 aliphatic rings. The van der Waals surface area contributed by atoms with Crippen LogP contribution in [0.25, 0.3) is 0 Å². The Morgan fingerprint density at radius 3 is 2.74 bits per heavy atom. The molecule has 9 heteroatoms. The van der Waals surface area contributed by atoms with Crippen LogP contribution in [0.3, 0.4) is 0 Å². The zero-order valence-electron chi connectivity index (χ0n) is 17.0. The van der Waals surface area contributed by atoms with E-state index in [0.29, 0.717) is 46.9 Å². The van der Waals surface area contributed by atoms with Crippen LogP contribution in [0.15, 0.2) is 48.7 Å². The number of methoxy groups -OCH3 is 1. The Morgan fingerprint density at radius 1 is 1.13 bits per heavy atom. The normalized spacial score (nSPS) is 10.7. The smallest absolute Gasteiger partial charge is 0.257 e. The van der Waals surface area contributed by atoms with Gasteiger partial charge < -0.3 is 19.3 Å². The number of thiazole rings is 1. The van der Waals surface area contributed by atoms with Gasteiger partial charge in [0.25, 0.3) is 5.91 Å². The molecule has 3 aromatic rings. The number of aliphatic hydroxyl groups excluding tert-OH is 1. The average Bonchev–Trinajstić information content (AvgIpc) is 3.19. The molecule has 0 atom stereocenters. The van der Waals surface area contributed by atoms with Crippen LogP contribution in [0, 0.1) is 0 Å². The number of hydrogen-bond donors (Lipinski definition) is 2. The van der Waals surface area contributed by atoms with Crippen molar-refractivity contribution in [3.8, 4) is 11.5 Å². The second-order valence-corrected chi connectivity index (χ2v) is 8.02. The van der Waals surface area contributed by atoms with Gasteiger partial charge in [0, 0.05) is 35.2 Å². The van der Waals surface area contributed by atoms with Gasteiger partial charge in [-0.05, 0) is 35.9 Å². The Bertz CT molecular complexity index is 1010. The van der Waals surface area contributed by atoms with Crippen molar-refractivity contribution in [1.29, 1.82) is 0 Å². The minimum absolute atomic E-state index is 0.0883.